The van der Waals surface area contributed by atoms with Crippen LogP contribution in [0, 0.1) is 130 Å². The number of rotatable bonds is 48. The predicted octanol–water partition coefficient (Wildman–Crippen LogP) is -7.51. The third kappa shape index (κ3) is 19.3. The van der Waals surface area contributed by atoms with Crippen molar-refractivity contribution < 1.29 is 127 Å². The molecule has 0 saturated heterocycles. The lowest BCUT2D eigenvalue weighted by Crippen LogP contribution is -2.52. The Kier molecular flexibility index (Phi) is 39.9. The molecular formula is C52H104O25. The molecule has 23 N–H and O–H groups in total. The summed E-state index contributed by atoms with van der Waals surface area (Å²) in [4.78, 5) is 13.1. The third-order valence-electron chi connectivity index (χ3n) is 18.4. The van der Waals surface area contributed by atoms with E-state index in [4.69, 9.17) is 4.74 Å². The molecule has 0 fully saturated rings. The van der Waals surface area contributed by atoms with Gasteiger partial charge in [0.15, 0.2) is 0 Å². The smallest absolute Gasteiger partial charge is 0.311 e. The van der Waals surface area contributed by atoms with E-state index in [0.717, 1.165) is 0 Å². The van der Waals surface area contributed by atoms with E-state index in [0.29, 0.717) is 6.42 Å². The number of hydrogen-bond donors (Lipinski definition) is 23. The van der Waals surface area contributed by atoms with Crippen molar-refractivity contribution in [3.05, 3.63) is 0 Å². The van der Waals surface area contributed by atoms with Gasteiger partial charge in [0.1, 0.15) is 6.10 Å². The topological polar surface area (TPSA) is 492 Å². The zero-order chi connectivity index (χ0) is 59.2. The van der Waals surface area contributed by atoms with Gasteiger partial charge in [-0.2, -0.15) is 0 Å². The second-order valence-electron chi connectivity index (χ2n) is 21.7. The molecule has 0 aliphatic carbocycles. The van der Waals surface area contributed by atoms with Crippen molar-refractivity contribution in [2.75, 3.05) is 152 Å². The Morgan fingerprint density at radius 1 is 0.286 bits per heavy atom. The fraction of sp³-hybridized carbons (Fsp3) is 0.981. The molecule has 0 saturated carbocycles. The summed E-state index contributed by atoms with van der Waals surface area (Å²) in [6.45, 7) is -14.0. The fourth-order valence-corrected chi connectivity index (χ4v) is 13.1. The Labute approximate surface area is 453 Å². The minimum Gasteiger partial charge on any atom is -0.459 e. The SMILES string of the molecule is CCC(C)(C)C(=O)OC(CO)C(CO)C(CO)C(CO)C(CO)C(CO)C(CO)C(CO)C(CO)C(CO)C(CO)C(CO)C(CO)C(CO)C(CO)C(CO)C(CO)C(CO)C(CO)C(CO)C(CO)C(CO)CCO. The molecule has 0 aromatic heterocycles. The Morgan fingerprint density at radius 2 is 0.468 bits per heavy atom. The molecular weight excluding hydrogens is 1020 g/mol. The summed E-state index contributed by atoms with van der Waals surface area (Å²) in [5.74, 6) is -27.4. The molecule has 0 aromatic carbocycles. The maximum atomic E-state index is 13.1. The normalized spacial score (nSPS) is 21.3. The van der Waals surface area contributed by atoms with Crippen molar-refractivity contribution >= 4 is 5.97 Å². The van der Waals surface area contributed by atoms with Crippen LogP contribution in [0.4, 0.5) is 0 Å². The van der Waals surface area contributed by atoms with Crippen LogP contribution in [-0.4, -0.2) is 281 Å². The highest BCUT2D eigenvalue weighted by atomic mass is 16.6. The van der Waals surface area contributed by atoms with Crippen LogP contribution in [0.2, 0.25) is 0 Å². The van der Waals surface area contributed by atoms with E-state index in [1.165, 1.54) is 0 Å². The van der Waals surface area contributed by atoms with Crippen molar-refractivity contribution in [3.63, 3.8) is 0 Å². The van der Waals surface area contributed by atoms with Crippen LogP contribution in [0.5, 0.6) is 0 Å². The lowest BCUT2D eigenvalue weighted by molar-refractivity contribution is -0.171. The summed E-state index contributed by atoms with van der Waals surface area (Å²) in [7, 11) is 0. The number of ether oxygens (including phenoxy) is 1. The maximum Gasteiger partial charge on any atom is 0.311 e. The second-order valence-corrected chi connectivity index (χ2v) is 21.7. The number of hydrogen-bond acceptors (Lipinski definition) is 25. The zero-order valence-corrected chi connectivity index (χ0v) is 45.5. The first-order valence-corrected chi connectivity index (χ1v) is 27.1. The lowest BCUT2D eigenvalue weighted by atomic mass is 9.59. The Bertz CT molecular complexity index is 1460. The van der Waals surface area contributed by atoms with Crippen LogP contribution >= 0.6 is 0 Å². The molecule has 0 aliphatic rings. The molecule has 0 heterocycles. The summed E-state index contributed by atoms with van der Waals surface area (Å²) < 4.78 is 5.60. The summed E-state index contributed by atoms with van der Waals surface area (Å²) >= 11 is 0. The van der Waals surface area contributed by atoms with E-state index in [1.54, 1.807) is 20.8 Å². The standard InChI is InChI=1S/C52H104O25/c1-4-52(2,3)51(76)77-50(28-75)49(27-74)48(26-73)47(25-72)46(24-71)45(23-70)44(22-69)43(21-68)42(20-67)41(19-66)40(18-65)39(17-64)38(16-63)37(15-62)36(14-61)35(13-60)34(12-59)33(11-58)32(10-57)31(9-56)30(8-55)29(7-54)5-6-53/h29-50,53-75H,4-28H2,1-3H3. The highest BCUT2D eigenvalue weighted by Crippen LogP contribution is 2.47. The number of aliphatic hydroxyl groups excluding tert-OH is 23. The van der Waals surface area contributed by atoms with Crippen molar-refractivity contribution in [1.29, 1.82) is 0 Å². The minimum atomic E-state index is -1.43. The van der Waals surface area contributed by atoms with E-state index in [1.807, 2.05) is 0 Å². The summed E-state index contributed by atoms with van der Waals surface area (Å²) in [5, 5.41) is 249. The molecule has 0 bridgehead atoms. The van der Waals surface area contributed by atoms with Crippen LogP contribution in [-0.2, 0) is 9.53 Å². The quantitative estimate of drug-likeness (QED) is 0.0252. The largest absolute Gasteiger partial charge is 0.459 e. The Morgan fingerprint density at radius 3 is 0.610 bits per heavy atom. The Balaban J connectivity index is 7.63. The monoisotopic (exact) mass is 1130 g/mol. The minimum absolute atomic E-state index is 0.0139. The van der Waals surface area contributed by atoms with Crippen LogP contribution < -0.4 is 0 Å². The molecule has 0 radical (unpaired) electrons. The van der Waals surface area contributed by atoms with E-state index >= 15 is 0 Å². The maximum absolute atomic E-state index is 13.1. The highest BCUT2D eigenvalue weighted by Gasteiger charge is 2.51. The van der Waals surface area contributed by atoms with Gasteiger partial charge in [-0.25, -0.2) is 0 Å². The van der Waals surface area contributed by atoms with E-state index in [-0.39, 0.29) is 6.42 Å². The summed E-state index contributed by atoms with van der Waals surface area (Å²) in [6, 6.07) is 0. The lowest BCUT2D eigenvalue weighted by Gasteiger charge is -2.48. The van der Waals surface area contributed by atoms with Gasteiger partial charge in [-0.1, -0.05) is 6.92 Å². The van der Waals surface area contributed by atoms with Crippen LogP contribution in [0.15, 0.2) is 0 Å². The van der Waals surface area contributed by atoms with Crippen molar-refractivity contribution in [3.8, 4) is 0 Å². The molecule has 25 nitrogen and oxygen atoms in total. The number of aliphatic hydroxyl groups is 23. The van der Waals surface area contributed by atoms with Gasteiger partial charge in [0, 0.05) is 151 Å². The van der Waals surface area contributed by atoms with Gasteiger partial charge in [-0.3, -0.25) is 4.79 Å². The average Bonchev–Trinajstić information content (AvgIpc) is 3.45. The van der Waals surface area contributed by atoms with Gasteiger partial charge in [0.25, 0.3) is 0 Å². The van der Waals surface area contributed by atoms with Crippen molar-refractivity contribution in [1.82, 2.24) is 0 Å². The number of carbonyl (C=O) groups excluding carboxylic acids is 1. The van der Waals surface area contributed by atoms with Gasteiger partial charge < -0.3 is 122 Å². The molecule has 0 rings (SSSR count). The van der Waals surface area contributed by atoms with Gasteiger partial charge in [-0.05, 0) is 145 Å². The van der Waals surface area contributed by atoms with Crippen molar-refractivity contribution in [2.45, 2.75) is 39.7 Å². The molecule has 0 amide bonds. The van der Waals surface area contributed by atoms with Crippen LogP contribution in [0.3, 0.4) is 0 Å². The Hall–Kier alpha value is -1.45. The first-order chi connectivity index (χ1) is 36.9. The van der Waals surface area contributed by atoms with Gasteiger partial charge in [-0.15, -0.1) is 0 Å². The molecule has 25 heteroatoms. The molecule has 0 aliphatic heterocycles. The van der Waals surface area contributed by atoms with E-state index in [9.17, 15) is 122 Å². The van der Waals surface area contributed by atoms with Gasteiger partial charge >= 0.3 is 5.97 Å². The zero-order valence-electron chi connectivity index (χ0n) is 45.5. The van der Waals surface area contributed by atoms with Crippen LogP contribution in [0.25, 0.3) is 0 Å². The molecule has 0 aromatic rings. The van der Waals surface area contributed by atoms with Gasteiger partial charge in [0.05, 0.1) is 12.0 Å². The first-order valence-electron chi connectivity index (χ1n) is 27.1. The first kappa shape index (κ1) is 75.5. The molecule has 0 spiro atoms. The highest BCUT2D eigenvalue weighted by molar-refractivity contribution is 5.76. The molecule has 22 unspecified atom stereocenters. The molecule has 462 valence electrons. The summed E-state index contributed by atoms with van der Waals surface area (Å²) in [5.41, 5.74) is -1.03. The second kappa shape index (κ2) is 40.7. The third-order valence-corrected chi connectivity index (χ3v) is 18.4. The molecule has 77 heavy (non-hydrogen) atoms. The molecule has 22 atom stereocenters. The van der Waals surface area contributed by atoms with Gasteiger partial charge in [0.2, 0.25) is 0 Å². The van der Waals surface area contributed by atoms with E-state index in [2.05, 4.69) is 0 Å². The van der Waals surface area contributed by atoms with Crippen LogP contribution in [0.1, 0.15) is 33.6 Å². The predicted molar refractivity (Wildman–Crippen MR) is 275 cm³/mol. The van der Waals surface area contributed by atoms with Crippen molar-refractivity contribution in [2.24, 2.45) is 130 Å². The number of carbonyl (C=O) groups is 1. The fourth-order valence-electron chi connectivity index (χ4n) is 13.1. The average molecular weight is 1130 g/mol. The number of esters is 1. The van der Waals surface area contributed by atoms with E-state index < -0.39 is 294 Å². The summed E-state index contributed by atoms with van der Waals surface area (Å²) in [6.07, 6.45) is -1.12.